The van der Waals surface area contributed by atoms with Crippen LogP contribution in [-0.4, -0.2) is 48.6 Å². The minimum Gasteiger partial charge on any atom is -0.483 e. The summed E-state index contributed by atoms with van der Waals surface area (Å²) < 4.78 is 5.72. The number of carbonyl (C=O) groups excluding carboxylic acids is 1. The Bertz CT molecular complexity index is 836. The van der Waals surface area contributed by atoms with Crippen LogP contribution in [0, 0.1) is 25.2 Å². The SMILES string of the molecule is Cc1cccc(OCC(=O)N2CCN(c3ncccc3C#N)CC2)c1C. The maximum Gasteiger partial charge on any atom is 0.260 e. The Balaban J connectivity index is 1.55. The van der Waals surface area contributed by atoms with Gasteiger partial charge in [-0.3, -0.25) is 4.79 Å². The van der Waals surface area contributed by atoms with E-state index in [1.807, 2.05) is 36.9 Å². The molecule has 1 aromatic heterocycles. The van der Waals surface area contributed by atoms with Gasteiger partial charge < -0.3 is 14.5 Å². The van der Waals surface area contributed by atoms with Gasteiger partial charge in [-0.2, -0.15) is 5.26 Å². The molecule has 0 radical (unpaired) electrons. The lowest BCUT2D eigenvalue weighted by atomic mass is 10.1. The number of piperazine rings is 1. The molecule has 134 valence electrons. The summed E-state index contributed by atoms with van der Waals surface area (Å²) in [7, 11) is 0. The molecular weight excluding hydrogens is 328 g/mol. The molecule has 0 spiro atoms. The number of carbonyl (C=O) groups is 1. The van der Waals surface area contributed by atoms with E-state index in [1.165, 1.54) is 0 Å². The molecule has 2 aromatic rings. The van der Waals surface area contributed by atoms with Crippen LogP contribution in [0.2, 0.25) is 0 Å². The molecule has 6 nitrogen and oxygen atoms in total. The topological polar surface area (TPSA) is 69.5 Å². The predicted octanol–water partition coefficient (Wildman–Crippen LogP) is 2.30. The van der Waals surface area contributed by atoms with Gasteiger partial charge in [-0.05, 0) is 43.2 Å². The second kappa shape index (κ2) is 7.87. The summed E-state index contributed by atoms with van der Waals surface area (Å²) in [4.78, 5) is 20.6. The average Bonchev–Trinajstić information content (AvgIpc) is 2.69. The van der Waals surface area contributed by atoms with E-state index in [4.69, 9.17) is 4.74 Å². The summed E-state index contributed by atoms with van der Waals surface area (Å²) in [5, 5.41) is 9.21. The van der Waals surface area contributed by atoms with Crippen LogP contribution in [0.3, 0.4) is 0 Å². The van der Waals surface area contributed by atoms with Crippen molar-refractivity contribution in [1.29, 1.82) is 5.26 Å². The Morgan fingerprint density at radius 3 is 2.69 bits per heavy atom. The van der Waals surface area contributed by atoms with Gasteiger partial charge in [0.05, 0.1) is 5.56 Å². The van der Waals surface area contributed by atoms with Gasteiger partial charge in [0.15, 0.2) is 6.61 Å². The first-order chi connectivity index (χ1) is 12.6. The molecule has 26 heavy (non-hydrogen) atoms. The molecule has 0 bridgehead atoms. The molecule has 1 amide bonds. The smallest absolute Gasteiger partial charge is 0.260 e. The van der Waals surface area contributed by atoms with E-state index >= 15 is 0 Å². The number of nitriles is 1. The number of benzene rings is 1. The molecule has 3 rings (SSSR count). The number of aromatic nitrogens is 1. The average molecular weight is 350 g/mol. The van der Waals surface area contributed by atoms with Gasteiger partial charge in [-0.1, -0.05) is 12.1 Å². The Labute approximate surface area is 153 Å². The number of amides is 1. The van der Waals surface area contributed by atoms with Crippen LogP contribution in [-0.2, 0) is 4.79 Å². The van der Waals surface area contributed by atoms with Gasteiger partial charge in [-0.15, -0.1) is 0 Å². The van der Waals surface area contributed by atoms with E-state index in [1.54, 1.807) is 23.2 Å². The molecule has 2 heterocycles. The van der Waals surface area contributed by atoms with Gasteiger partial charge >= 0.3 is 0 Å². The number of pyridine rings is 1. The van der Waals surface area contributed by atoms with Gasteiger partial charge in [0, 0.05) is 32.4 Å². The molecule has 0 unspecified atom stereocenters. The van der Waals surface area contributed by atoms with Crippen molar-refractivity contribution in [3.05, 3.63) is 53.2 Å². The van der Waals surface area contributed by atoms with Crippen molar-refractivity contribution in [2.45, 2.75) is 13.8 Å². The molecule has 1 aliphatic heterocycles. The van der Waals surface area contributed by atoms with Crippen molar-refractivity contribution in [2.24, 2.45) is 0 Å². The van der Waals surface area contributed by atoms with Crippen LogP contribution in [0.5, 0.6) is 5.75 Å². The number of anilines is 1. The lowest BCUT2D eigenvalue weighted by Crippen LogP contribution is -2.50. The maximum atomic E-state index is 12.4. The monoisotopic (exact) mass is 350 g/mol. The quantitative estimate of drug-likeness (QED) is 0.846. The van der Waals surface area contributed by atoms with Crippen LogP contribution in [0.1, 0.15) is 16.7 Å². The maximum absolute atomic E-state index is 12.4. The third-order valence-corrected chi connectivity index (χ3v) is 4.75. The molecule has 0 N–H and O–H groups in total. The Hall–Kier alpha value is -3.07. The van der Waals surface area contributed by atoms with Crippen molar-refractivity contribution in [3.63, 3.8) is 0 Å². The normalized spacial score (nSPS) is 14.0. The first-order valence-electron chi connectivity index (χ1n) is 8.67. The molecule has 6 heteroatoms. The highest BCUT2D eigenvalue weighted by atomic mass is 16.5. The standard InChI is InChI=1S/C20H22N4O2/c1-15-5-3-7-18(16(15)2)26-14-19(25)23-9-11-24(12-10-23)20-17(13-21)6-4-8-22-20/h3-8H,9-12,14H2,1-2H3. The van der Waals surface area contributed by atoms with Crippen LogP contribution >= 0.6 is 0 Å². The van der Waals surface area contributed by atoms with Crippen molar-refractivity contribution >= 4 is 11.7 Å². The summed E-state index contributed by atoms with van der Waals surface area (Å²) in [6.45, 7) is 6.55. The fourth-order valence-corrected chi connectivity index (χ4v) is 3.02. The molecule has 1 aromatic carbocycles. The third-order valence-electron chi connectivity index (χ3n) is 4.75. The number of ether oxygens (including phenoxy) is 1. The summed E-state index contributed by atoms with van der Waals surface area (Å²) in [6, 6.07) is 11.5. The molecule has 0 aliphatic carbocycles. The fraction of sp³-hybridized carbons (Fsp3) is 0.350. The zero-order valence-corrected chi connectivity index (χ0v) is 15.1. The highest BCUT2D eigenvalue weighted by Gasteiger charge is 2.23. The van der Waals surface area contributed by atoms with Gasteiger partial charge in [0.25, 0.3) is 5.91 Å². The lowest BCUT2D eigenvalue weighted by Gasteiger charge is -2.35. The highest BCUT2D eigenvalue weighted by Crippen LogP contribution is 2.21. The van der Waals surface area contributed by atoms with Crippen LogP contribution in [0.4, 0.5) is 5.82 Å². The lowest BCUT2D eigenvalue weighted by molar-refractivity contribution is -0.133. The Morgan fingerprint density at radius 2 is 1.96 bits per heavy atom. The first-order valence-corrected chi connectivity index (χ1v) is 8.67. The van der Waals surface area contributed by atoms with Gasteiger partial charge in [0.1, 0.15) is 17.6 Å². The van der Waals surface area contributed by atoms with Crippen molar-refractivity contribution < 1.29 is 9.53 Å². The van der Waals surface area contributed by atoms with E-state index in [9.17, 15) is 10.1 Å². The van der Waals surface area contributed by atoms with Crippen molar-refractivity contribution in [3.8, 4) is 11.8 Å². The summed E-state index contributed by atoms with van der Waals surface area (Å²) in [5.41, 5.74) is 2.77. The summed E-state index contributed by atoms with van der Waals surface area (Å²) in [6.07, 6.45) is 1.69. The molecule has 0 atom stereocenters. The van der Waals surface area contributed by atoms with Gasteiger partial charge in [0.2, 0.25) is 0 Å². The molecular formula is C20H22N4O2. The molecule has 0 saturated carbocycles. The third kappa shape index (κ3) is 3.77. The number of hydrogen-bond acceptors (Lipinski definition) is 5. The first kappa shape index (κ1) is 17.7. The number of aryl methyl sites for hydroxylation is 1. The van der Waals surface area contributed by atoms with Crippen LogP contribution < -0.4 is 9.64 Å². The van der Waals surface area contributed by atoms with Crippen molar-refractivity contribution in [1.82, 2.24) is 9.88 Å². The molecule has 1 fully saturated rings. The molecule has 1 saturated heterocycles. The zero-order chi connectivity index (χ0) is 18.5. The van der Waals surface area contributed by atoms with Crippen LogP contribution in [0.15, 0.2) is 36.5 Å². The Morgan fingerprint density at radius 1 is 1.19 bits per heavy atom. The minimum atomic E-state index is -0.0212. The number of rotatable bonds is 4. The van der Waals surface area contributed by atoms with E-state index in [0.29, 0.717) is 37.6 Å². The number of hydrogen-bond donors (Lipinski definition) is 0. The van der Waals surface area contributed by atoms with E-state index in [-0.39, 0.29) is 12.5 Å². The largest absolute Gasteiger partial charge is 0.483 e. The number of nitrogens with zero attached hydrogens (tertiary/aromatic N) is 4. The van der Waals surface area contributed by atoms with E-state index in [2.05, 4.69) is 11.1 Å². The fourth-order valence-electron chi connectivity index (χ4n) is 3.02. The second-order valence-electron chi connectivity index (χ2n) is 6.34. The predicted molar refractivity (Wildman–Crippen MR) is 99.2 cm³/mol. The van der Waals surface area contributed by atoms with E-state index < -0.39 is 0 Å². The van der Waals surface area contributed by atoms with Crippen molar-refractivity contribution in [2.75, 3.05) is 37.7 Å². The summed E-state index contributed by atoms with van der Waals surface area (Å²) >= 11 is 0. The Kier molecular flexibility index (Phi) is 5.37. The minimum absolute atomic E-state index is 0.0212. The zero-order valence-electron chi connectivity index (χ0n) is 15.1. The summed E-state index contributed by atoms with van der Waals surface area (Å²) in [5.74, 6) is 1.42. The highest BCUT2D eigenvalue weighted by molar-refractivity contribution is 5.78. The second-order valence-corrected chi connectivity index (χ2v) is 6.34. The van der Waals surface area contributed by atoms with E-state index in [0.717, 1.165) is 16.9 Å². The van der Waals surface area contributed by atoms with Crippen LogP contribution in [0.25, 0.3) is 0 Å². The van der Waals surface area contributed by atoms with Gasteiger partial charge in [-0.25, -0.2) is 4.98 Å². The molecule has 1 aliphatic rings.